The summed E-state index contributed by atoms with van der Waals surface area (Å²) < 4.78 is 11.8. The molecule has 0 fully saturated rings. The van der Waals surface area contributed by atoms with E-state index in [0.29, 0.717) is 21.6 Å². The Morgan fingerprint density at radius 2 is 1.85 bits per heavy atom. The van der Waals surface area contributed by atoms with E-state index >= 15 is 0 Å². The second-order valence-electron chi connectivity index (χ2n) is 5.71. The van der Waals surface area contributed by atoms with Crippen LogP contribution in [0.1, 0.15) is 10.6 Å². The van der Waals surface area contributed by atoms with Gasteiger partial charge in [-0.2, -0.15) is 0 Å². The van der Waals surface area contributed by atoms with Crippen molar-refractivity contribution in [3.63, 3.8) is 0 Å². The number of amides is 1. The van der Waals surface area contributed by atoms with Crippen molar-refractivity contribution in [1.29, 1.82) is 0 Å². The Kier molecular flexibility index (Phi) is 4.59. The second-order valence-corrected chi connectivity index (χ2v) is 7.07. The van der Waals surface area contributed by atoms with Crippen LogP contribution in [0.3, 0.4) is 0 Å². The lowest BCUT2D eigenvalue weighted by atomic mass is 10.0. The molecule has 1 N–H and O–H groups in total. The molecule has 2 aromatic heterocycles. The molecule has 0 saturated carbocycles. The molecule has 1 amide bonds. The maximum atomic E-state index is 13.1. The van der Waals surface area contributed by atoms with Crippen molar-refractivity contribution in [2.24, 2.45) is 0 Å². The molecule has 0 aliphatic rings. The Hall–Kier alpha value is -2.83. The van der Waals surface area contributed by atoms with Crippen molar-refractivity contribution < 1.29 is 13.6 Å². The molecule has 0 spiro atoms. The zero-order valence-corrected chi connectivity index (χ0v) is 16.0. The van der Waals surface area contributed by atoms with E-state index in [-0.39, 0.29) is 22.6 Å². The highest BCUT2D eigenvalue weighted by Crippen LogP contribution is 2.31. The summed E-state index contributed by atoms with van der Waals surface area (Å²) in [7, 11) is 0. The van der Waals surface area contributed by atoms with Gasteiger partial charge in [-0.25, -0.2) is 0 Å². The van der Waals surface area contributed by atoms with Crippen LogP contribution in [0.15, 0.2) is 79.0 Å². The van der Waals surface area contributed by atoms with Crippen LogP contribution in [0, 0.1) is 0 Å². The molecule has 0 aliphatic carbocycles. The molecule has 2 aromatic carbocycles. The van der Waals surface area contributed by atoms with Gasteiger partial charge in [-0.1, -0.05) is 39.7 Å². The van der Waals surface area contributed by atoms with Crippen molar-refractivity contribution in [1.82, 2.24) is 0 Å². The fourth-order valence-corrected chi connectivity index (χ4v) is 3.14. The SMILES string of the molecule is O=C(Nc1oc2ccc(Cl)cc2c(=O)c1-c1ccc(Br)cc1)c1ccco1. The van der Waals surface area contributed by atoms with E-state index in [4.69, 9.17) is 20.4 Å². The fraction of sp³-hybridized carbons (Fsp3) is 0. The normalized spacial score (nSPS) is 10.9. The molecule has 4 rings (SSSR count). The Bertz CT molecular complexity index is 1200. The largest absolute Gasteiger partial charge is 0.459 e. The number of anilines is 1. The minimum Gasteiger partial charge on any atom is -0.459 e. The van der Waals surface area contributed by atoms with Gasteiger partial charge in [0.15, 0.2) is 5.76 Å². The smallest absolute Gasteiger partial charge is 0.293 e. The van der Waals surface area contributed by atoms with Crippen molar-refractivity contribution in [2.75, 3.05) is 5.32 Å². The number of furan rings is 1. The molecule has 27 heavy (non-hydrogen) atoms. The molecular formula is C20H11BrClNO4. The molecule has 2 heterocycles. The first-order valence-electron chi connectivity index (χ1n) is 7.90. The Balaban J connectivity index is 1.93. The molecule has 7 heteroatoms. The second kappa shape index (κ2) is 7.06. The quantitative estimate of drug-likeness (QED) is 0.438. The number of benzene rings is 2. The van der Waals surface area contributed by atoms with Gasteiger partial charge in [0.1, 0.15) is 5.58 Å². The highest BCUT2D eigenvalue weighted by atomic mass is 79.9. The average molecular weight is 445 g/mol. The van der Waals surface area contributed by atoms with Gasteiger partial charge in [-0.15, -0.1) is 0 Å². The highest BCUT2D eigenvalue weighted by molar-refractivity contribution is 9.10. The molecule has 5 nitrogen and oxygen atoms in total. The predicted molar refractivity (Wildman–Crippen MR) is 107 cm³/mol. The highest BCUT2D eigenvalue weighted by Gasteiger charge is 2.20. The molecular weight excluding hydrogens is 434 g/mol. The summed E-state index contributed by atoms with van der Waals surface area (Å²) in [6.45, 7) is 0. The van der Waals surface area contributed by atoms with Gasteiger partial charge in [-0.05, 0) is 48.0 Å². The van der Waals surface area contributed by atoms with E-state index < -0.39 is 5.91 Å². The van der Waals surface area contributed by atoms with Crippen molar-refractivity contribution in [2.45, 2.75) is 0 Å². The minimum absolute atomic E-state index is 0.0403. The summed E-state index contributed by atoms with van der Waals surface area (Å²) in [6.07, 6.45) is 1.39. The standard InChI is InChI=1S/C20H11BrClNO4/c21-12-5-3-11(4-6-12)17-18(24)14-10-13(22)7-8-15(14)27-20(17)23-19(25)16-2-1-9-26-16/h1-10H,(H,23,25). The maximum Gasteiger partial charge on any atom is 0.293 e. The van der Waals surface area contributed by atoms with Crippen LogP contribution in [0.4, 0.5) is 5.88 Å². The van der Waals surface area contributed by atoms with Crippen molar-refractivity contribution in [3.05, 3.63) is 86.3 Å². The first-order valence-corrected chi connectivity index (χ1v) is 9.07. The minimum atomic E-state index is -0.519. The lowest BCUT2D eigenvalue weighted by Gasteiger charge is -2.11. The molecule has 0 saturated heterocycles. The molecule has 4 aromatic rings. The Labute approximate surface area is 166 Å². The van der Waals surface area contributed by atoms with Crippen LogP contribution in [0.2, 0.25) is 5.02 Å². The number of hydrogen-bond acceptors (Lipinski definition) is 4. The molecule has 134 valence electrons. The molecule has 0 bridgehead atoms. The van der Waals surface area contributed by atoms with E-state index in [1.165, 1.54) is 12.3 Å². The van der Waals surface area contributed by atoms with E-state index in [1.54, 1.807) is 48.5 Å². The summed E-state index contributed by atoms with van der Waals surface area (Å²) >= 11 is 9.40. The van der Waals surface area contributed by atoms with Gasteiger partial charge in [0.25, 0.3) is 5.91 Å². The van der Waals surface area contributed by atoms with E-state index in [9.17, 15) is 9.59 Å². The number of carbonyl (C=O) groups is 1. The lowest BCUT2D eigenvalue weighted by molar-refractivity contribution is 0.0994. The van der Waals surface area contributed by atoms with Gasteiger partial charge < -0.3 is 8.83 Å². The number of rotatable bonds is 3. The molecule has 0 radical (unpaired) electrons. The Morgan fingerprint density at radius 3 is 2.56 bits per heavy atom. The van der Waals surface area contributed by atoms with Gasteiger partial charge in [-0.3, -0.25) is 14.9 Å². The van der Waals surface area contributed by atoms with Gasteiger partial charge in [0, 0.05) is 9.50 Å². The molecule has 0 aliphatic heterocycles. The molecule has 0 unspecified atom stereocenters. The van der Waals surface area contributed by atoms with Crippen LogP contribution in [-0.2, 0) is 0 Å². The van der Waals surface area contributed by atoms with Gasteiger partial charge in [0.2, 0.25) is 11.3 Å². The van der Waals surface area contributed by atoms with E-state index in [0.717, 1.165) is 4.47 Å². The summed E-state index contributed by atoms with van der Waals surface area (Å²) in [4.78, 5) is 25.6. The molecule has 0 atom stereocenters. The third-order valence-corrected chi connectivity index (χ3v) is 4.72. The average Bonchev–Trinajstić information content (AvgIpc) is 3.19. The zero-order valence-electron chi connectivity index (χ0n) is 13.7. The van der Waals surface area contributed by atoms with Crippen LogP contribution >= 0.6 is 27.5 Å². The van der Waals surface area contributed by atoms with Gasteiger partial charge >= 0.3 is 0 Å². The topological polar surface area (TPSA) is 72.5 Å². The van der Waals surface area contributed by atoms with Crippen molar-refractivity contribution >= 4 is 50.3 Å². The number of halogens is 2. The summed E-state index contributed by atoms with van der Waals surface area (Å²) in [6, 6.07) is 15.0. The number of carbonyl (C=O) groups excluding carboxylic acids is 1. The first kappa shape index (κ1) is 17.6. The lowest BCUT2D eigenvalue weighted by Crippen LogP contribution is -2.16. The van der Waals surface area contributed by atoms with Crippen LogP contribution in [0.5, 0.6) is 0 Å². The maximum absolute atomic E-state index is 13.1. The number of hydrogen-bond donors (Lipinski definition) is 1. The number of fused-ring (bicyclic) bond motifs is 1. The van der Waals surface area contributed by atoms with Crippen LogP contribution < -0.4 is 10.7 Å². The Morgan fingerprint density at radius 1 is 1.07 bits per heavy atom. The predicted octanol–water partition coefficient (Wildman–Crippen LogP) is 5.72. The monoisotopic (exact) mass is 443 g/mol. The van der Waals surface area contributed by atoms with Crippen LogP contribution in [-0.4, -0.2) is 5.91 Å². The van der Waals surface area contributed by atoms with E-state index in [1.807, 2.05) is 0 Å². The van der Waals surface area contributed by atoms with Crippen molar-refractivity contribution in [3.8, 4) is 11.1 Å². The third-order valence-electron chi connectivity index (χ3n) is 3.96. The summed E-state index contributed by atoms with van der Waals surface area (Å²) in [5, 5.41) is 3.38. The number of nitrogens with one attached hydrogen (secondary N) is 1. The van der Waals surface area contributed by atoms with Crippen LogP contribution in [0.25, 0.3) is 22.1 Å². The van der Waals surface area contributed by atoms with E-state index in [2.05, 4.69) is 21.2 Å². The fourth-order valence-electron chi connectivity index (χ4n) is 2.71. The first-order chi connectivity index (χ1) is 13.0. The summed E-state index contributed by atoms with van der Waals surface area (Å²) in [5.74, 6) is -0.371. The summed E-state index contributed by atoms with van der Waals surface area (Å²) in [5.41, 5.74) is 0.858. The third kappa shape index (κ3) is 3.41. The van der Waals surface area contributed by atoms with Gasteiger partial charge in [0.05, 0.1) is 17.2 Å². The zero-order chi connectivity index (χ0) is 19.0.